The first kappa shape index (κ1) is 15.4. The predicted molar refractivity (Wildman–Crippen MR) is 82.2 cm³/mol. The standard InChI is InChI=1S/C15H19N5O3/c1-10-5-14(18-9-17-10)20-8-12(22-2)6-11(20)7-16-15(21)13-3-4-23-19-13/h3-5,9,11-12H,6-8H2,1-2H3,(H,16,21)/t11-,12-/m0/s1. The van der Waals surface area contributed by atoms with Crippen molar-refractivity contribution in [3.05, 3.63) is 36.1 Å². The minimum Gasteiger partial charge on any atom is -0.380 e. The average Bonchev–Trinajstić information content (AvgIpc) is 3.22. The molecule has 0 bridgehead atoms. The molecule has 1 aliphatic rings. The molecule has 23 heavy (non-hydrogen) atoms. The molecule has 0 radical (unpaired) electrons. The zero-order chi connectivity index (χ0) is 16.2. The van der Waals surface area contributed by atoms with Crippen LogP contribution in [0.3, 0.4) is 0 Å². The van der Waals surface area contributed by atoms with Gasteiger partial charge in [0.15, 0.2) is 5.69 Å². The Bertz CT molecular complexity index is 661. The van der Waals surface area contributed by atoms with E-state index in [4.69, 9.17) is 4.74 Å². The molecule has 0 unspecified atom stereocenters. The average molecular weight is 317 g/mol. The van der Waals surface area contributed by atoms with Crippen LogP contribution >= 0.6 is 0 Å². The molecule has 3 heterocycles. The van der Waals surface area contributed by atoms with Gasteiger partial charge in [0.25, 0.3) is 5.91 Å². The molecule has 0 aliphatic carbocycles. The number of hydrogen-bond donors (Lipinski definition) is 1. The quantitative estimate of drug-likeness (QED) is 0.871. The van der Waals surface area contributed by atoms with E-state index in [1.54, 1.807) is 13.4 Å². The van der Waals surface area contributed by atoms with Gasteiger partial charge >= 0.3 is 0 Å². The Morgan fingerprint density at radius 2 is 2.39 bits per heavy atom. The summed E-state index contributed by atoms with van der Waals surface area (Å²) in [6, 6.07) is 3.57. The van der Waals surface area contributed by atoms with Gasteiger partial charge in [-0.2, -0.15) is 0 Å². The minimum atomic E-state index is -0.251. The lowest BCUT2D eigenvalue weighted by Gasteiger charge is -2.25. The molecule has 8 nitrogen and oxygen atoms in total. The molecule has 2 aromatic rings. The molecule has 3 rings (SSSR count). The number of rotatable bonds is 5. The summed E-state index contributed by atoms with van der Waals surface area (Å²) < 4.78 is 10.2. The third kappa shape index (κ3) is 3.48. The Labute approximate surface area is 133 Å². The highest BCUT2D eigenvalue weighted by Gasteiger charge is 2.33. The molecular weight excluding hydrogens is 298 g/mol. The van der Waals surface area contributed by atoms with Crippen molar-refractivity contribution in [2.75, 3.05) is 25.1 Å². The fraction of sp³-hybridized carbons (Fsp3) is 0.467. The first-order valence-electron chi connectivity index (χ1n) is 7.44. The molecule has 1 saturated heterocycles. The second kappa shape index (κ2) is 6.74. The summed E-state index contributed by atoms with van der Waals surface area (Å²) in [5, 5.41) is 6.52. The normalized spacial score (nSPS) is 20.7. The maximum absolute atomic E-state index is 12.0. The number of amides is 1. The summed E-state index contributed by atoms with van der Waals surface area (Å²) in [5.74, 6) is 0.594. The van der Waals surface area contributed by atoms with Gasteiger partial charge in [-0.05, 0) is 13.3 Å². The van der Waals surface area contributed by atoms with E-state index in [-0.39, 0.29) is 23.7 Å². The second-order valence-corrected chi connectivity index (χ2v) is 5.51. The van der Waals surface area contributed by atoms with Crippen molar-refractivity contribution in [1.82, 2.24) is 20.4 Å². The van der Waals surface area contributed by atoms with Gasteiger partial charge in [0.05, 0.1) is 12.1 Å². The van der Waals surface area contributed by atoms with Gasteiger partial charge in [0, 0.05) is 38.0 Å². The molecule has 8 heteroatoms. The first-order valence-corrected chi connectivity index (χ1v) is 7.44. The molecule has 0 spiro atoms. The van der Waals surface area contributed by atoms with Crippen molar-refractivity contribution in [2.24, 2.45) is 0 Å². The van der Waals surface area contributed by atoms with Crippen LogP contribution in [0, 0.1) is 6.92 Å². The summed E-state index contributed by atoms with van der Waals surface area (Å²) in [4.78, 5) is 22.6. The Hall–Kier alpha value is -2.48. The first-order chi connectivity index (χ1) is 11.2. The lowest BCUT2D eigenvalue weighted by atomic mass is 10.2. The van der Waals surface area contributed by atoms with Gasteiger partial charge in [-0.25, -0.2) is 9.97 Å². The number of hydrogen-bond acceptors (Lipinski definition) is 7. The van der Waals surface area contributed by atoms with Crippen molar-refractivity contribution in [1.29, 1.82) is 0 Å². The number of aryl methyl sites for hydroxylation is 1. The maximum Gasteiger partial charge on any atom is 0.273 e. The lowest BCUT2D eigenvalue weighted by molar-refractivity contribution is 0.0937. The van der Waals surface area contributed by atoms with Crippen LogP contribution in [0.25, 0.3) is 0 Å². The maximum atomic E-state index is 12.0. The van der Waals surface area contributed by atoms with E-state index in [0.29, 0.717) is 6.54 Å². The van der Waals surface area contributed by atoms with E-state index in [2.05, 4.69) is 29.9 Å². The van der Waals surface area contributed by atoms with E-state index < -0.39 is 0 Å². The fourth-order valence-electron chi connectivity index (χ4n) is 2.75. The Balaban J connectivity index is 1.69. The Morgan fingerprint density at radius 1 is 1.52 bits per heavy atom. The van der Waals surface area contributed by atoms with E-state index >= 15 is 0 Å². The van der Waals surface area contributed by atoms with E-state index in [9.17, 15) is 4.79 Å². The highest BCUT2D eigenvalue weighted by atomic mass is 16.5. The molecular formula is C15H19N5O3. The molecule has 2 aromatic heterocycles. The summed E-state index contributed by atoms with van der Waals surface area (Å²) in [6.07, 6.45) is 3.86. The molecule has 2 atom stereocenters. The number of nitrogens with zero attached hydrogens (tertiary/aromatic N) is 4. The molecule has 122 valence electrons. The summed E-state index contributed by atoms with van der Waals surface area (Å²) >= 11 is 0. The predicted octanol–water partition coefficient (Wildman–Crippen LogP) is 0.797. The van der Waals surface area contributed by atoms with Crippen molar-refractivity contribution in [3.63, 3.8) is 0 Å². The van der Waals surface area contributed by atoms with Crippen LogP contribution in [0.5, 0.6) is 0 Å². The summed E-state index contributed by atoms with van der Waals surface area (Å²) in [5.41, 5.74) is 1.18. The molecule has 1 aliphatic heterocycles. The number of carbonyl (C=O) groups excluding carboxylic acids is 1. The number of aromatic nitrogens is 3. The van der Waals surface area contributed by atoms with Crippen LogP contribution in [0.1, 0.15) is 22.6 Å². The van der Waals surface area contributed by atoms with Crippen LogP contribution in [0.4, 0.5) is 5.82 Å². The van der Waals surface area contributed by atoms with E-state index in [1.165, 1.54) is 12.3 Å². The highest BCUT2D eigenvalue weighted by Crippen LogP contribution is 2.25. The van der Waals surface area contributed by atoms with Gasteiger partial charge in [-0.3, -0.25) is 4.79 Å². The van der Waals surface area contributed by atoms with Crippen LogP contribution < -0.4 is 10.2 Å². The summed E-state index contributed by atoms with van der Waals surface area (Å²) in [7, 11) is 1.70. The second-order valence-electron chi connectivity index (χ2n) is 5.51. The van der Waals surface area contributed by atoms with Gasteiger partial charge in [0.1, 0.15) is 18.4 Å². The van der Waals surface area contributed by atoms with Crippen molar-refractivity contribution >= 4 is 11.7 Å². The number of methoxy groups -OCH3 is 1. The topological polar surface area (TPSA) is 93.4 Å². The van der Waals surface area contributed by atoms with Crippen molar-refractivity contribution < 1.29 is 14.1 Å². The van der Waals surface area contributed by atoms with E-state index in [0.717, 1.165) is 24.5 Å². The lowest BCUT2D eigenvalue weighted by Crippen LogP contribution is -2.40. The SMILES string of the molecule is CO[C@H]1C[C@@H](CNC(=O)c2ccon2)N(c2cc(C)ncn2)C1. The van der Waals surface area contributed by atoms with Crippen molar-refractivity contribution in [3.8, 4) is 0 Å². The van der Waals surface area contributed by atoms with Gasteiger partial charge < -0.3 is 19.5 Å². The zero-order valence-corrected chi connectivity index (χ0v) is 13.1. The molecule has 0 saturated carbocycles. The Morgan fingerprint density at radius 3 is 3.09 bits per heavy atom. The fourth-order valence-corrected chi connectivity index (χ4v) is 2.75. The monoisotopic (exact) mass is 317 g/mol. The number of ether oxygens (including phenoxy) is 1. The van der Waals surface area contributed by atoms with Gasteiger partial charge in [-0.15, -0.1) is 0 Å². The Kier molecular flexibility index (Phi) is 4.52. The van der Waals surface area contributed by atoms with Crippen molar-refractivity contribution in [2.45, 2.75) is 25.5 Å². The number of anilines is 1. The van der Waals surface area contributed by atoms with Crippen LogP contribution in [-0.2, 0) is 4.74 Å². The van der Waals surface area contributed by atoms with Gasteiger partial charge in [0.2, 0.25) is 0 Å². The summed E-state index contributed by atoms with van der Waals surface area (Å²) in [6.45, 7) is 3.14. The third-order valence-electron chi connectivity index (χ3n) is 3.96. The van der Waals surface area contributed by atoms with Gasteiger partial charge in [-0.1, -0.05) is 5.16 Å². The van der Waals surface area contributed by atoms with Crippen LogP contribution in [0.2, 0.25) is 0 Å². The number of nitrogens with one attached hydrogen (secondary N) is 1. The molecule has 1 fully saturated rings. The van der Waals surface area contributed by atoms with Crippen LogP contribution in [0.15, 0.2) is 29.2 Å². The molecule has 0 aromatic carbocycles. The minimum absolute atomic E-state index is 0.102. The molecule has 1 amide bonds. The smallest absolute Gasteiger partial charge is 0.273 e. The molecule has 1 N–H and O–H groups in total. The highest BCUT2D eigenvalue weighted by molar-refractivity contribution is 5.91. The van der Waals surface area contributed by atoms with Crippen LogP contribution in [-0.4, -0.2) is 53.4 Å². The zero-order valence-electron chi connectivity index (χ0n) is 13.1. The largest absolute Gasteiger partial charge is 0.380 e. The number of carbonyl (C=O) groups is 1. The third-order valence-corrected chi connectivity index (χ3v) is 3.96. The van der Waals surface area contributed by atoms with E-state index in [1.807, 2.05) is 13.0 Å².